The van der Waals surface area contributed by atoms with Gasteiger partial charge in [0.05, 0.1) is 22.0 Å². The van der Waals surface area contributed by atoms with Gasteiger partial charge in [-0.15, -0.1) is 0 Å². The Kier molecular flexibility index (Phi) is 6.60. The molecule has 1 aromatic carbocycles. The number of hydrogen-bond acceptors (Lipinski definition) is 7. The third-order valence-corrected chi connectivity index (χ3v) is 7.45. The van der Waals surface area contributed by atoms with Crippen molar-refractivity contribution < 1.29 is 31.2 Å². The third-order valence-electron chi connectivity index (χ3n) is 4.29. The van der Waals surface area contributed by atoms with Crippen LogP contribution in [0.1, 0.15) is 23.7 Å². The Morgan fingerprint density at radius 3 is 2.59 bits per heavy atom. The summed E-state index contributed by atoms with van der Waals surface area (Å²) >= 11 is 0. The van der Waals surface area contributed by atoms with E-state index >= 15 is 0 Å². The third kappa shape index (κ3) is 5.27. The molecule has 0 aliphatic carbocycles. The Morgan fingerprint density at radius 1 is 1.33 bits per heavy atom. The average molecular weight is 418 g/mol. The van der Waals surface area contributed by atoms with Gasteiger partial charge in [0.2, 0.25) is 10.0 Å². The lowest BCUT2D eigenvalue weighted by molar-refractivity contribution is -0.136. The predicted molar refractivity (Wildman–Crippen MR) is 97.4 cm³/mol. The van der Waals surface area contributed by atoms with Crippen LogP contribution in [0.15, 0.2) is 29.2 Å². The van der Waals surface area contributed by atoms with Crippen molar-refractivity contribution in [2.45, 2.75) is 24.3 Å². The minimum Gasteiger partial charge on any atom is -0.452 e. The molecule has 1 fully saturated rings. The number of benzene rings is 1. The number of likely N-dealkylation sites (N-methyl/N-ethyl adjacent to an activating group) is 1. The summed E-state index contributed by atoms with van der Waals surface area (Å²) in [6, 6.07) is 4.83. The molecule has 11 heteroatoms. The first-order valence-corrected chi connectivity index (χ1v) is 11.6. The summed E-state index contributed by atoms with van der Waals surface area (Å²) in [5, 5.41) is 0. The summed E-state index contributed by atoms with van der Waals surface area (Å²) in [7, 11) is -5.61. The predicted octanol–water partition coefficient (Wildman–Crippen LogP) is -0.213. The van der Waals surface area contributed by atoms with Gasteiger partial charge in [0.15, 0.2) is 16.4 Å². The first kappa shape index (κ1) is 21.3. The highest BCUT2D eigenvalue weighted by Gasteiger charge is 2.34. The number of nitrogens with zero attached hydrogens (tertiary/aromatic N) is 1. The van der Waals surface area contributed by atoms with Crippen LogP contribution in [0.4, 0.5) is 0 Å². The molecule has 2 rings (SSSR count). The maximum Gasteiger partial charge on any atom is 0.338 e. The van der Waals surface area contributed by atoms with Crippen LogP contribution in [0.2, 0.25) is 0 Å². The monoisotopic (exact) mass is 418 g/mol. The Morgan fingerprint density at radius 2 is 2.04 bits per heavy atom. The van der Waals surface area contributed by atoms with Gasteiger partial charge in [-0.05, 0) is 38.6 Å². The van der Waals surface area contributed by atoms with Gasteiger partial charge in [-0.1, -0.05) is 6.07 Å². The molecule has 0 radical (unpaired) electrons. The molecule has 1 aliphatic rings. The number of amides is 1. The quantitative estimate of drug-likeness (QED) is 0.607. The van der Waals surface area contributed by atoms with Crippen LogP contribution < -0.4 is 4.72 Å². The fraction of sp³-hybridized carbons (Fsp3) is 0.500. The molecule has 1 aromatic rings. The topological polar surface area (TPSA) is 127 Å². The molecular formula is C16H22N2O7S2. The lowest BCUT2D eigenvalue weighted by Gasteiger charge is -2.26. The molecular weight excluding hydrogens is 396 g/mol. The number of nitrogens with one attached hydrogen (secondary N) is 1. The van der Waals surface area contributed by atoms with Gasteiger partial charge in [0.1, 0.15) is 0 Å². The van der Waals surface area contributed by atoms with Crippen molar-refractivity contribution in [2.75, 3.05) is 31.7 Å². The van der Waals surface area contributed by atoms with Crippen LogP contribution in [0.3, 0.4) is 0 Å². The highest BCUT2D eigenvalue weighted by Crippen LogP contribution is 2.18. The Labute approximate surface area is 158 Å². The second-order valence-corrected chi connectivity index (χ2v) is 10.2. The van der Waals surface area contributed by atoms with Gasteiger partial charge in [-0.25, -0.2) is 26.4 Å². The van der Waals surface area contributed by atoms with E-state index in [-0.39, 0.29) is 22.0 Å². The Balaban J connectivity index is 2.02. The molecule has 1 N–H and O–H groups in total. The molecule has 0 bridgehead atoms. The van der Waals surface area contributed by atoms with Gasteiger partial charge in [0, 0.05) is 12.6 Å². The molecule has 1 atom stereocenters. The number of hydrogen-bond donors (Lipinski definition) is 1. The van der Waals surface area contributed by atoms with Crippen molar-refractivity contribution in [2.24, 2.45) is 0 Å². The van der Waals surface area contributed by atoms with Crippen molar-refractivity contribution in [3.63, 3.8) is 0 Å². The van der Waals surface area contributed by atoms with Crippen molar-refractivity contribution in [3.05, 3.63) is 29.8 Å². The van der Waals surface area contributed by atoms with Crippen molar-refractivity contribution in [3.8, 4) is 0 Å². The summed E-state index contributed by atoms with van der Waals surface area (Å²) in [5.41, 5.74) is -0.00869. The van der Waals surface area contributed by atoms with E-state index in [4.69, 9.17) is 4.74 Å². The first-order valence-electron chi connectivity index (χ1n) is 8.30. The minimum atomic E-state index is -3.71. The number of carbonyl (C=O) groups excluding carboxylic acids is 2. The van der Waals surface area contributed by atoms with Crippen LogP contribution in [-0.4, -0.2) is 71.4 Å². The minimum absolute atomic E-state index is 0.00869. The van der Waals surface area contributed by atoms with Gasteiger partial charge >= 0.3 is 5.97 Å². The maximum absolute atomic E-state index is 12.3. The molecule has 1 amide bonds. The van der Waals surface area contributed by atoms with E-state index in [1.807, 2.05) is 0 Å². The highest BCUT2D eigenvalue weighted by atomic mass is 32.2. The summed E-state index contributed by atoms with van der Waals surface area (Å²) in [5.74, 6) is -1.39. The van der Waals surface area contributed by atoms with E-state index in [1.165, 1.54) is 30.1 Å². The van der Waals surface area contributed by atoms with Gasteiger partial charge < -0.3 is 9.64 Å². The number of rotatable bonds is 7. The molecule has 150 valence electrons. The summed E-state index contributed by atoms with van der Waals surface area (Å²) < 4.78 is 53.9. The number of carbonyl (C=O) groups is 2. The van der Waals surface area contributed by atoms with Gasteiger partial charge in [-0.3, -0.25) is 4.79 Å². The van der Waals surface area contributed by atoms with Crippen molar-refractivity contribution in [1.82, 2.24) is 9.62 Å². The first-order chi connectivity index (χ1) is 12.6. The van der Waals surface area contributed by atoms with E-state index in [2.05, 4.69) is 4.72 Å². The van der Waals surface area contributed by atoms with Crippen LogP contribution in [0.25, 0.3) is 0 Å². The lowest BCUT2D eigenvalue weighted by Crippen LogP contribution is -2.43. The zero-order chi connectivity index (χ0) is 20.2. The van der Waals surface area contributed by atoms with E-state index in [1.54, 1.807) is 6.92 Å². The second-order valence-electron chi connectivity index (χ2n) is 6.05. The molecule has 0 spiro atoms. The second kappa shape index (κ2) is 8.36. The number of esters is 1. The van der Waals surface area contributed by atoms with Crippen LogP contribution in [-0.2, 0) is 29.4 Å². The molecule has 1 unspecified atom stereocenters. The number of ether oxygens (including phenoxy) is 1. The number of sulfone groups is 1. The van der Waals surface area contributed by atoms with E-state index in [0.29, 0.717) is 13.0 Å². The molecule has 27 heavy (non-hydrogen) atoms. The Bertz CT molecular complexity index is 926. The van der Waals surface area contributed by atoms with E-state index in [9.17, 15) is 26.4 Å². The highest BCUT2D eigenvalue weighted by molar-refractivity contribution is 7.91. The molecule has 1 aliphatic heterocycles. The smallest absolute Gasteiger partial charge is 0.338 e. The lowest BCUT2D eigenvalue weighted by atomic mass is 10.2. The van der Waals surface area contributed by atoms with Crippen LogP contribution >= 0.6 is 0 Å². The standard InChI is InChI=1S/C16H22N2O7S2/c1-3-18(13-7-8-26(21,22)11-13)15(19)10-25-16(20)12-5-4-6-14(9-12)27(23,24)17-2/h4-6,9,13,17H,3,7-8,10-11H2,1-2H3. The van der Waals surface area contributed by atoms with Crippen molar-refractivity contribution >= 4 is 31.7 Å². The van der Waals surface area contributed by atoms with Crippen LogP contribution in [0, 0.1) is 0 Å². The number of sulfonamides is 1. The fourth-order valence-corrected chi connectivity index (χ4v) is 5.37. The molecule has 9 nitrogen and oxygen atoms in total. The summed E-state index contributed by atoms with van der Waals surface area (Å²) in [6.45, 7) is 1.47. The largest absolute Gasteiger partial charge is 0.452 e. The molecule has 0 aromatic heterocycles. The average Bonchev–Trinajstić information content (AvgIpc) is 2.99. The molecule has 0 saturated carbocycles. The van der Waals surface area contributed by atoms with Crippen molar-refractivity contribution in [1.29, 1.82) is 0 Å². The molecule has 1 saturated heterocycles. The zero-order valence-electron chi connectivity index (χ0n) is 15.0. The molecule has 1 heterocycles. The normalized spacial score (nSPS) is 18.8. The van der Waals surface area contributed by atoms with E-state index < -0.39 is 44.4 Å². The Hall–Kier alpha value is -1.98. The summed E-state index contributed by atoms with van der Waals surface area (Å²) in [6.07, 6.45) is 0.361. The van der Waals surface area contributed by atoms with Crippen LogP contribution in [0.5, 0.6) is 0 Å². The van der Waals surface area contributed by atoms with Gasteiger partial charge in [0.25, 0.3) is 5.91 Å². The van der Waals surface area contributed by atoms with Gasteiger partial charge in [-0.2, -0.15) is 0 Å². The zero-order valence-corrected chi connectivity index (χ0v) is 16.7. The SMILES string of the molecule is CCN(C(=O)COC(=O)c1cccc(S(=O)(=O)NC)c1)C1CCS(=O)(=O)C1. The summed E-state index contributed by atoms with van der Waals surface area (Å²) in [4.78, 5) is 25.8. The van der Waals surface area contributed by atoms with E-state index in [0.717, 1.165) is 6.07 Å². The maximum atomic E-state index is 12.3. The fourth-order valence-electron chi connectivity index (χ4n) is 2.86.